The van der Waals surface area contributed by atoms with E-state index in [4.69, 9.17) is 18.9 Å². The fraction of sp³-hybridized carbons (Fsp3) is 0.143. The van der Waals surface area contributed by atoms with Crippen molar-refractivity contribution in [2.24, 2.45) is 7.05 Å². The van der Waals surface area contributed by atoms with Crippen molar-refractivity contribution in [1.82, 2.24) is 9.78 Å². The van der Waals surface area contributed by atoms with E-state index in [-0.39, 0.29) is 6.61 Å². The molecular formula is C28H26N2O5. The number of methoxy groups -OCH3 is 2. The molecule has 0 aliphatic carbocycles. The van der Waals surface area contributed by atoms with E-state index in [0.29, 0.717) is 17.0 Å². The van der Waals surface area contributed by atoms with Gasteiger partial charge in [-0.05, 0) is 47.5 Å². The van der Waals surface area contributed by atoms with E-state index < -0.39 is 5.97 Å². The smallest absolute Gasteiger partial charge is 0.341 e. The predicted octanol–water partition coefficient (Wildman–Crippen LogP) is 5.62. The standard InChI is InChI=1S/C28H26N2O5/c1-30-27(34-18-21-9-7-8-12-24(21)25(19-32-2)28(31)33-3)17-26(29-30)20-13-15-23(16-14-20)35-22-10-5-4-6-11-22/h4-17,19H,18H2,1-3H3/b25-19+. The molecule has 0 saturated carbocycles. The van der Waals surface area contributed by atoms with Gasteiger partial charge in [0.2, 0.25) is 5.88 Å². The third kappa shape index (κ3) is 5.70. The van der Waals surface area contributed by atoms with Gasteiger partial charge in [0, 0.05) is 18.7 Å². The second-order valence-corrected chi connectivity index (χ2v) is 7.64. The molecule has 7 nitrogen and oxygen atoms in total. The number of nitrogens with zero attached hydrogens (tertiary/aromatic N) is 2. The van der Waals surface area contributed by atoms with Gasteiger partial charge in [-0.25, -0.2) is 9.48 Å². The van der Waals surface area contributed by atoms with Crippen molar-refractivity contribution >= 4 is 11.5 Å². The summed E-state index contributed by atoms with van der Waals surface area (Å²) < 4.78 is 23.6. The molecule has 0 amide bonds. The largest absolute Gasteiger partial charge is 0.503 e. The van der Waals surface area contributed by atoms with Gasteiger partial charge in [-0.2, -0.15) is 5.10 Å². The number of rotatable bonds is 9. The fourth-order valence-corrected chi connectivity index (χ4v) is 3.55. The highest BCUT2D eigenvalue weighted by atomic mass is 16.5. The minimum absolute atomic E-state index is 0.233. The van der Waals surface area contributed by atoms with Gasteiger partial charge < -0.3 is 18.9 Å². The molecule has 0 radical (unpaired) electrons. The van der Waals surface area contributed by atoms with Crippen molar-refractivity contribution in [3.8, 4) is 28.6 Å². The molecule has 0 aliphatic rings. The molecular weight excluding hydrogens is 444 g/mol. The van der Waals surface area contributed by atoms with Crippen LogP contribution < -0.4 is 9.47 Å². The maximum Gasteiger partial charge on any atom is 0.341 e. The summed E-state index contributed by atoms with van der Waals surface area (Å²) in [4.78, 5) is 12.2. The van der Waals surface area contributed by atoms with Gasteiger partial charge in [0.25, 0.3) is 0 Å². The monoisotopic (exact) mass is 470 g/mol. The summed E-state index contributed by atoms with van der Waals surface area (Å²) in [5.41, 5.74) is 3.52. The van der Waals surface area contributed by atoms with E-state index in [2.05, 4.69) is 5.10 Å². The predicted molar refractivity (Wildman–Crippen MR) is 133 cm³/mol. The molecule has 1 heterocycles. The lowest BCUT2D eigenvalue weighted by Crippen LogP contribution is -2.09. The normalized spacial score (nSPS) is 11.1. The van der Waals surface area contributed by atoms with Gasteiger partial charge in [-0.1, -0.05) is 42.5 Å². The van der Waals surface area contributed by atoms with E-state index >= 15 is 0 Å². The van der Waals surface area contributed by atoms with Gasteiger partial charge >= 0.3 is 5.97 Å². The summed E-state index contributed by atoms with van der Waals surface area (Å²) in [6, 6.07) is 26.7. The second kappa shape index (κ2) is 11.1. The lowest BCUT2D eigenvalue weighted by atomic mass is 10.0. The molecule has 35 heavy (non-hydrogen) atoms. The van der Waals surface area contributed by atoms with Crippen molar-refractivity contribution in [1.29, 1.82) is 0 Å². The molecule has 3 aromatic carbocycles. The first-order valence-electron chi connectivity index (χ1n) is 11.0. The lowest BCUT2D eigenvalue weighted by Gasteiger charge is -2.12. The van der Waals surface area contributed by atoms with Crippen LogP contribution in [-0.2, 0) is 27.9 Å². The van der Waals surface area contributed by atoms with Crippen molar-refractivity contribution in [3.05, 3.63) is 102 Å². The number of benzene rings is 3. The number of hydrogen-bond acceptors (Lipinski definition) is 6. The Labute approximate surface area is 204 Å². The average molecular weight is 471 g/mol. The zero-order valence-electron chi connectivity index (χ0n) is 19.8. The highest BCUT2D eigenvalue weighted by molar-refractivity contribution is 6.16. The van der Waals surface area contributed by atoms with Crippen LogP contribution >= 0.6 is 0 Å². The number of para-hydroxylation sites is 1. The molecule has 1 aromatic heterocycles. The molecule has 178 valence electrons. The number of carbonyl (C=O) groups excluding carboxylic acids is 1. The second-order valence-electron chi connectivity index (χ2n) is 7.64. The van der Waals surface area contributed by atoms with Crippen LogP contribution in [0.15, 0.2) is 91.2 Å². The van der Waals surface area contributed by atoms with Crippen LogP contribution in [0.3, 0.4) is 0 Å². The number of esters is 1. The Kier molecular flexibility index (Phi) is 7.47. The highest BCUT2D eigenvalue weighted by Gasteiger charge is 2.17. The molecule has 0 atom stereocenters. The third-order valence-corrected chi connectivity index (χ3v) is 5.29. The zero-order chi connectivity index (χ0) is 24.6. The summed E-state index contributed by atoms with van der Waals surface area (Å²) in [6.45, 7) is 0.233. The molecule has 4 aromatic rings. The van der Waals surface area contributed by atoms with Crippen molar-refractivity contribution in [3.63, 3.8) is 0 Å². The molecule has 4 rings (SSSR count). The first kappa shape index (κ1) is 23.6. The number of ether oxygens (including phenoxy) is 4. The summed E-state index contributed by atoms with van der Waals surface area (Å²) in [6.07, 6.45) is 1.37. The summed E-state index contributed by atoms with van der Waals surface area (Å²) in [7, 11) is 4.64. The Morgan fingerprint density at radius 1 is 0.914 bits per heavy atom. The van der Waals surface area contributed by atoms with Crippen LogP contribution in [0, 0.1) is 0 Å². The van der Waals surface area contributed by atoms with E-state index in [1.165, 1.54) is 20.5 Å². The van der Waals surface area contributed by atoms with Crippen LogP contribution in [0.25, 0.3) is 16.8 Å². The minimum Gasteiger partial charge on any atom is -0.503 e. The van der Waals surface area contributed by atoms with Crippen LogP contribution in [0.2, 0.25) is 0 Å². The van der Waals surface area contributed by atoms with Crippen LogP contribution in [0.1, 0.15) is 11.1 Å². The molecule has 0 bridgehead atoms. The van der Waals surface area contributed by atoms with Crippen LogP contribution in [0.5, 0.6) is 17.4 Å². The van der Waals surface area contributed by atoms with Gasteiger partial charge in [0.1, 0.15) is 23.7 Å². The molecule has 0 saturated heterocycles. The molecule has 0 N–H and O–H groups in total. The Bertz CT molecular complexity index is 1310. The quantitative estimate of drug-likeness (QED) is 0.180. The fourth-order valence-electron chi connectivity index (χ4n) is 3.55. The first-order chi connectivity index (χ1) is 17.1. The Morgan fingerprint density at radius 3 is 2.31 bits per heavy atom. The number of aromatic nitrogens is 2. The van der Waals surface area contributed by atoms with E-state index in [1.807, 2.05) is 92.0 Å². The van der Waals surface area contributed by atoms with Crippen LogP contribution in [-0.4, -0.2) is 30.0 Å². The zero-order valence-corrected chi connectivity index (χ0v) is 19.8. The highest BCUT2D eigenvalue weighted by Crippen LogP contribution is 2.28. The van der Waals surface area contributed by atoms with Crippen LogP contribution in [0.4, 0.5) is 0 Å². The molecule has 0 fully saturated rings. The minimum atomic E-state index is -0.484. The lowest BCUT2D eigenvalue weighted by molar-refractivity contribution is -0.133. The number of aryl methyl sites for hydroxylation is 1. The summed E-state index contributed by atoms with van der Waals surface area (Å²) >= 11 is 0. The van der Waals surface area contributed by atoms with Gasteiger partial charge in [0.05, 0.1) is 26.2 Å². The maximum atomic E-state index is 12.2. The molecule has 0 spiro atoms. The van der Waals surface area contributed by atoms with Crippen molar-refractivity contribution in [2.45, 2.75) is 6.61 Å². The van der Waals surface area contributed by atoms with E-state index in [1.54, 1.807) is 4.68 Å². The Balaban J connectivity index is 1.49. The molecule has 0 aliphatic heterocycles. The van der Waals surface area contributed by atoms with E-state index in [0.717, 1.165) is 28.3 Å². The molecule has 0 unspecified atom stereocenters. The van der Waals surface area contributed by atoms with Crippen molar-refractivity contribution < 1.29 is 23.7 Å². The topological polar surface area (TPSA) is 71.8 Å². The van der Waals surface area contributed by atoms with Crippen molar-refractivity contribution in [2.75, 3.05) is 14.2 Å². The maximum absolute atomic E-state index is 12.2. The van der Waals surface area contributed by atoms with Gasteiger partial charge in [-0.3, -0.25) is 0 Å². The number of carbonyl (C=O) groups is 1. The SMILES string of the molecule is CO/C=C(/C(=O)OC)c1ccccc1COc1cc(-c2ccc(Oc3ccccc3)cc2)nn1C. The average Bonchev–Trinajstić information content (AvgIpc) is 3.27. The van der Waals surface area contributed by atoms with Gasteiger partial charge in [-0.15, -0.1) is 0 Å². The third-order valence-electron chi connectivity index (χ3n) is 5.29. The Hall–Kier alpha value is -4.52. The Morgan fingerprint density at radius 2 is 1.60 bits per heavy atom. The molecule has 7 heteroatoms. The van der Waals surface area contributed by atoms with Gasteiger partial charge in [0.15, 0.2) is 0 Å². The summed E-state index contributed by atoms with van der Waals surface area (Å²) in [5, 5.41) is 4.58. The number of hydrogen-bond donors (Lipinski definition) is 0. The summed E-state index contributed by atoms with van der Waals surface area (Å²) in [5.74, 6) is 1.64. The first-order valence-corrected chi connectivity index (χ1v) is 11.0. The van der Waals surface area contributed by atoms with E-state index in [9.17, 15) is 4.79 Å².